The summed E-state index contributed by atoms with van der Waals surface area (Å²) in [4.78, 5) is 0. The van der Waals surface area contributed by atoms with E-state index < -0.39 is 0 Å². The van der Waals surface area contributed by atoms with Crippen LogP contribution in [0.15, 0.2) is 0 Å². The Balaban J connectivity index is 1.99. The Labute approximate surface area is 103 Å². The minimum absolute atomic E-state index is 0.00531. The van der Waals surface area contributed by atoms with Crippen molar-refractivity contribution in [1.82, 2.24) is 0 Å². The minimum Gasteiger partial charge on any atom is -0.393 e. The van der Waals surface area contributed by atoms with Crippen molar-refractivity contribution in [1.29, 1.82) is 0 Å². The quantitative estimate of drug-likeness (QED) is 0.544. The minimum atomic E-state index is -0.00531. The normalized spacial score (nSPS) is 20.4. The van der Waals surface area contributed by atoms with Gasteiger partial charge in [-0.2, -0.15) is 0 Å². The summed E-state index contributed by atoms with van der Waals surface area (Å²) in [5.41, 5.74) is 0. The molecule has 1 nitrogen and oxygen atoms in total. The molecule has 1 fully saturated rings. The van der Waals surface area contributed by atoms with Gasteiger partial charge in [0, 0.05) is 5.33 Å². The molecular formula is C13H25BrO. The van der Waals surface area contributed by atoms with Crippen LogP contribution in [0.25, 0.3) is 0 Å². The van der Waals surface area contributed by atoms with Gasteiger partial charge in [0.25, 0.3) is 0 Å². The number of hydrogen-bond acceptors (Lipinski definition) is 1. The highest BCUT2D eigenvalue weighted by atomic mass is 79.9. The molecule has 2 heteroatoms. The smallest absolute Gasteiger partial charge is 0.0568 e. The van der Waals surface area contributed by atoms with E-state index in [1.807, 2.05) is 0 Å². The molecule has 1 saturated carbocycles. The topological polar surface area (TPSA) is 20.2 Å². The zero-order chi connectivity index (χ0) is 10.9. The van der Waals surface area contributed by atoms with Crippen LogP contribution < -0.4 is 0 Å². The molecule has 0 aromatic rings. The van der Waals surface area contributed by atoms with Crippen LogP contribution in [0.5, 0.6) is 0 Å². The summed E-state index contributed by atoms with van der Waals surface area (Å²) >= 11 is 3.44. The second-order valence-corrected chi connectivity index (χ2v) is 5.65. The van der Waals surface area contributed by atoms with Crippen LogP contribution in [0.1, 0.15) is 64.2 Å². The van der Waals surface area contributed by atoms with Gasteiger partial charge < -0.3 is 5.11 Å². The fourth-order valence-electron chi connectivity index (χ4n) is 2.56. The van der Waals surface area contributed by atoms with Crippen molar-refractivity contribution in [3.05, 3.63) is 0 Å². The van der Waals surface area contributed by atoms with Gasteiger partial charge in [-0.15, -0.1) is 0 Å². The van der Waals surface area contributed by atoms with E-state index in [4.69, 9.17) is 0 Å². The second kappa shape index (κ2) is 8.58. The van der Waals surface area contributed by atoms with Crippen LogP contribution in [-0.2, 0) is 0 Å². The maximum absolute atomic E-state index is 10.0. The van der Waals surface area contributed by atoms with Crippen LogP contribution in [0.2, 0.25) is 0 Å². The molecule has 1 aliphatic rings. The molecule has 0 unspecified atom stereocenters. The van der Waals surface area contributed by atoms with Crippen molar-refractivity contribution >= 4 is 15.9 Å². The third-order valence-electron chi connectivity index (χ3n) is 3.58. The van der Waals surface area contributed by atoms with Gasteiger partial charge in [-0.1, -0.05) is 54.5 Å². The van der Waals surface area contributed by atoms with E-state index in [0.717, 1.165) is 11.8 Å². The van der Waals surface area contributed by atoms with E-state index in [-0.39, 0.29) is 6.10 Å². The van der Waals surface area contributed by atoms with E-state index in [1.54, 1.807) is 0 Å². The molecule has 0 amide bonds. The van der Waals surface area contributed by atoms with Crippen LogP contribution in [0.4, 0.5) is 0 Å². The molecule has 15 heavy (non-hydrogen) atoms. The number of rotatable bonds is 7. The zero-order valence-electron chi connectivity index (χ0n) is 9.76. The third-order valence-corrected chi connectivity index (χ3v) is 4.14. The zero-order valence-corrected chi connectivity index (χ0v) is 11.3. The first kappa shape index (κ1) is 13.5. The fourth-order valence-corrected chi connectivity index (χ4v) is 2.95. The Hall–Kier alpha value is 0.440. The molecule has 0 heterocycles. The highest BCUT2D eigenvalue weighted by Gasteiger charge is 2.20. The molecule has 1 aliphatic carbocycles. The molecule has 0 aromatic heterocycles. The SMILES string of the molecule is O[C@@H](CCCCCCBr)C1CCCCC1. The standard InChI is InChI=1S/C13H25BrO/c14-11-7-2-1-6-10-13(15)12-8-4-3-5-9-12/h12-13,15H,1-11H2/t13-/m0/s1. The number of aliphatic hydroxyl groups excluding tert-OH is 1. The first-order valence-electron chi connectivity index (χ1n) is 6.58. The molecule has 1 atom stereocenters. The van der Waals surface area contributed by atoms with Gasteiger partial charge in [-0.3, -0.25) is 0 Å². The lowest BCUT2D eigenvalue weighted by Crippen LogP contribution is -2.22. The Morgan fingerprint density at radius 1 is 1.00 bits per heavy atom. The predicted molar refractivity (Wildman–Crippen MR) is 69.5 cm³/mol. The molecule has 0 saturated heterocycles. The number of unbranched alkanes of at least 4 members (excludes halogenated alkanes) is 3. The van der Waals surface area contributed by atoms with Gasteiger partial charge in [0.15, 0.2) is 0 Å². The first-order valence-corrected chi connectivity index (χ1v) is 7.71. The van der Waals surface area contributed by atoms with Gasteiger partial charge in [-0.05, 0) is 31.6 Å². The van der Waals surface area contributed by atoms with E-state index in [9.17, 15) is 5.11 Å². The molecule has 0 spiro atoms. The van der Waals surface area contributed by atoms with Gasteiger partial charge in [0.2, 0.25) is 0 Å². The monoisotopic (exact) mass is 276 g/mol. The maximum atomic E-state index is 10.0. The molecule has 1 rings (SSSR count). The Morgan fingerprint density at radius 2 is 1.67 bits per heavy atom. The number of aliphatic hydroxyl groups is 1. The summed E-state index contributed by atoms with van der Waals surface area (Å²) in [6, 6.07) is 0. The lowest BCUT2D eigenvalue weighted by molar-refractivity contribution is 0.0748. The molecular weight excluding hydrogens is 252 g/mol. The number of alkyl halides is 1. The Morgan fingerprint density at radius 3 is 2.33 bits per heavy atom. The number of halogens is 1. The van der Waals surface area contributed by atoms with Crippen molar-refractivity contribution in [2.45, 2.75) is 70.3 Å². The summed E-state index contributed by atoms with van der Waals surface area (Å²) < 4.78 is 0. The Kier molecular flexibility index (Phi) is 7.72. The van der Waals surface area contributed by atoms with Gasteiger partial charge in [-0.25, -0.2) is 0 Å². The van der Waals surface area contributed by atoms with E-state index >= 15 is 0 Å². The molecule has 0 radical (unpaired) electrons. The highest BCUT2D eigenvalue weighted by molar-refractivity contribution is 9.09. The molecule has 0 aromatic carbocycles. The summed E-state index contributed by atoms with van der Waals surface area (Å²) in [7, 11) is 0. The average Bonchev–Trinajstić information content (AvgIpc) is 2.30. The maximum Gasteiger partial charge on any atom is 0.0568 e. The largest absolute Gasteiger partial charge is 0.393 e. The lowest BCUT2D eigenvalue weighted by atomic mass is 9.83. The third kappa shape index (κ3) is 5.91. The van der Waals surface area contributed by atoms with Crippen LogP contribution in [-0.4, -0.2) is 16.5 Å². The summed E-state index contributed by atoms with van der Waals surface area (Å²) in [5.74, 6) is 0.620. The van der Waals surface area contributed by atoms with Gasteiger partial charge in [0.1, 0.15) is 0 Å². The van der Waals surface area contributed by atoms with Crippen molar-refractivity contribution in [2.24, 2.45) is 5.92 Å². The van der Waals surface area contributed by atoms with E-state index in [2.05, 4.69) is 15.9 Å². The molecule has 0 bridgehead atoms. The molecule has 90 valence electrons. The van der Waals surface area contributed by atoms with Crippen molar-refractivity contribution in [3.63, 3.8) is 0 Å². The van der Waals surface area contributed by atoms with Crippen LogP contribution in [0, 0.1) is 5.92 Å². The molecule has 1 N–H and O–H groups in total. The second-order valence-electron chi connectivity index (χ2n) is 4.86. The van der Waals surface area contributed by atoms with Crippen molar-refractivity contribution < 1.29 is 5.11 Å². The molecule has 0 aliphatic heterocycles. The summed E-state index contributed by atoms with van der Waals surface area (Å²) in [6.45, 7) is 0. The van der Waals surface area contributed by atoms with Gasteiger partial charge >= 0.3 is 0 Å². The number of hydrogen-bond donors (Lipinski definition) is 1. The summed E-state index contributed by atoms with van der Waals surface area (Å²) in [5, 5.41) is 11.1. The summed E-state index contributed by atoms with van der Waals surface area (Å²) in [6.07, 6.45) is 12.7. The van der Waals surface area contributed by atoms with E-state index in [1.165, 1.54) is 57.8 Å². The highest BCUT2D eigenvalue weighted by Crippen LogP contribution is 2.28. The van der Waals surface area contributed by atoms with Crippen molar-refractivity contribution in [2.75, 3.05) is 5.33 Å². The average molecular weight is 277 g/mol. The van der Waals surface area contributed by atoms with Crippen LogP contribution in [0.3, 0.4) is 0 Å². The van der Waals surface area contributed by atoms with Crippen LogP contribution >= 0.6 is 15.9 Å². The van der Waals surface area contributed by atoms with Gasteiger partial charge in [0.05, 0.1) is 6.10 Å². The lowest BCUT2D eigenvalue weighted by Gasteiger charge is -2.26. The predicted octanol–water partition coefficient (Wildman–Crippen LogP) is 4.27. The van der Waals surface area contributed by atoms with E-state index in [0.29, 0.717) is 5.92 Å². The van der Waals surface area contributed by atoms with Crippen molar-refractivity contribution in [3.8, 4) is 0 Å². The fraction of sp³-hybridized carbons (Fsp3) is 1.00. The first-order chi connectivity index (χ1) is 7.34. The Bertz CT molecular complexity index is 143.